The lowest BCUT2D eigenvalue weighted by Crippen LogP contribution is -2.28. The molecular formula is C37H39FN4O2. The summed E-state index contributed by atoms with van der Waals surface area (Å²) in [6.07, 6.45) is 12.2. The number of hydrogen-bond acceptors (Lipinski definition) is 4. The Labute approximate surface area is 258 Å². The van der Waals surface area contributed by atoms with Gasteiger partial charge < -0.3 is 10.1 Å². The van der Waals surface area contributed by atoms with E-state index in [0.717, 1.165) is 36.9 Å². The SMILES string of the molecule is O=C1NCC(c2ccccc2)/C1=C\c1cc(F)c2c(/C=C/c3ccc(CN4CCCCC4)cc3)nn(C3CCCCO3)c2c1. The highest BCUT2D eigenvalue weighted by Crippen LogP contribution is 2.34. The molecule has 4 aromatic rings. The van der Waals surface area contributed by atoms with Gasteiger partial charge in [-0.3, -0.25) is 9.69 Å². The molecule has 0 spiro atoms. The molecule has 0 saturated carbocycles. The number of benzene rings is 3. The zero-order valence-corrected chi connectivity index (χ0v) is 25.1. The second kappa shape index (κ2) is 12.9. The smallest absolute Gasteiger partial charge is 0.247 e. The normalized spacial score (nSPS) is 22.3. The van der Waals surface area contributed by atoms with E-state index in [1.165, 1.54) is 44.0 Å². The van der Waals surface area contributed by atoms with Gasteiger partial charge in [-0.2, -0.15) is 5.10 Å². The molecule has 2 atom stereocenters. The van der Waals surface area contributed by atoms with Crippen LogP contribution in [0.1, 0.15) is 78.6 Å². The summed E-state index contributed by atoms with van der Waals surface area (Å²) in [5.41, 5.74) is 5.94. The number of rotatable bonds is 7. The van der Waals surface area contributed by atoms with Gasteiger partial charge in [-0.1, -0.05) is 67.1 Å². The minimum absolute atomic E-state index is 0.0845. The fourth-order valence-electron chi connectivity index (χ4n) is 6.78. The Morgan fingerprint density at radius 3 is 2.52 bits per heavy atom. The quantitative estimate of drug-likeness (QED) is 0.229. The number of carbonyl (C=O) groups is 1. The number of likely N-dealkylation sites (tertiary alicyclic amines) is 1. The minimum atomic E-state index is -0.359. The van der Waals surface area contributed by atoms with Crippen molar-refractivity contribution in [2.45, 2.75) is 57.2 Å². The molecule has 7 heteroatoms. The highest BCUT2D eigenvalue weighted by atomic mass is 19.1. The van der Waals surface area contributed by atoms with E-state index in [1.807, 2.05) is 59.3 Å². The zero-order valence-electron chi connectivity index (χ0n) is 25.1. The second-order valence-corrected chi connectivity index (χ2v) is 12.2. The number of piperidine rings is 1. The molecule has 4 heterocycles. The summed E-state index contributed by atoms with van der Waals surface area (Å²) in [4.78, 5) is 15.4. The van der Waals surface area contributed by atoms with Crippen molar-refractivity contribution in [3.8, 4) is 0 Å². The van der Waals surface area contributed by atoms with Gasteiger partial charge in [0.1, 0.15) is 5.82 Å². The van der Waals surface area contributed by atoms with Gasteiger partial charge in [0.05, 0.1) is 16.6 Å². The Bertz CT molecular complexity index is 1680. The van der Waals surface area contributed by atoms with Gasteiger partial charge in [-0.15, -0.1) is 0 Å². The van der Waals surface area contributed by atoms with Gasteiger partial charge in [-0.25, -0.2) is 9.07 Å². The highest BCUT2D eigenvalue weighted by Gasteiger charge is 2.30. The van der Waals surface area contributed by atoms with E-state index in [0.29, 0.717) is 40.9 Å². The molecule has 3 aromatic carbocycles. The Morgan fingerprint density at radius 2 is 1.75 bits per heavy atom. The van der Waals surface area contributed by atoms with Crippen LogP contribution >= 0.6 is 0 Å². The largest absolute Gasteiger partial charge is 0.356 e. The van der Waals surface area contributed by atoms with Crippen molar-refractivity contribution in [1.82, 2.24) is 20.0 Å². The van der Waals surface area contributed by atoms with Gasteiger partial charge in [0.15, 0.2) is 6.23 Å². The van der Waals surface area contributed by atoms with Crippen LogP contribution in [0.3, 0.4) is 0 Å². The van der Waals surface area contributed by atoms with Crippen molar-refractivity contribution in [2.75, 3.05) is 26.2 Å². The maximum Gasteiger partial charge on any atom is 0.247 e. The first-order chi connectivity index (χ1) is 21.6. The third kappa shape index (κ3) is 6.12. The standard InChI is InChI=1S/C37H39FN4O2/c38-32-22-28(21-30-31(24-39-37(30)43)29-9-3-1-4-10-29)23-34-36(32)33(40-42(34)35-11-5-8-20-44-35)17-16-26-12-14-27(15-13-26)25-41-18-6-2-7-19-41/h1,3-4,9-10,12-17,21-23,31,35H,2,5-8,11,18-20,24-25H2,(H,39,43)/b17-16+,30-21+. The molecule has 3 fully saturated rings. The fourth-order valence-corrected chi connectivity index (χ4v) is 6.78. The molecule has 44 heavy (non-hydrogen) atoms. The maximum atomic E-state index is 16.0. The summed E-state index contributed by atoms with van der Waals surface area (Å²) >= 11 is 0. The van der Waals surface area contributed by atoms with Crippen LogP contribution in [0.15, 0.2) is 72.3 Å². The second-order valence-electron chi connectivity index (χ2n) is 12.2. The summed E-state index contributed by atoms with van der Waals surface area (Å²) in [5.74, 6) is -0.560. The lowest BCUT2D eigenvalue weighted by molar-refractivity contribution is -0.116. The van der Waals surface area contributed by atoms with Crippen molar-refractivity contribution >= 4 is 35.0 Å². The Balaban J connectivity index is 1.21. The third-order valence-electron chi connectivity index (χ3n) is 9.14. The molecule has 226 valence electrons. The van der Waals surface area contributed by atoms with Crippen molar-refractivity contribution < 1.29 is 13.9 Å². The first-order valence-electron chi connectivity index (χ1n) is 16.0. The Kier molecular flexibility index (Phi) is 8.40. The van der Waals surface area contributed by atoms with Crippen LogP contribution in [0.5, 0.6) is 0 Å². The number of nitrogens with one attached hydrogen (secondary N) is 1. The van der Waals surface area contributed by atoms with Crippen LogP contribution in [-0.2, 0) is 16.1 Å². The molecule has 3 aliphatic heterocycles. The van der Waals surface area contributed by atoms with E-state index in [2.05, 4.69) is 34.5 Å². The summed E-state index contributed by atoms with van der Waals surface area (Å²) in [7, 11) is 0. The van der Waals surface area contributed by atoms with E-state index in [1.54, 1.807) is 0 Å². The predicted octanol–water partition coefficient (Wildman–Crippen LogP) is 7.33. The van der Waals surface area contributed by atoms with Crippen LogP contribution in [0.2, 0.25) is 0 Å². The van der Waals surface area contributed by atoms with Gasteiger partial charge in [0, 0.05) is 31.2 Å². The summed E-state index contributed by atoms with van der Waals surface area (Å²) in [5, 5.41) is 8.32. The van der Waals surface area contributed by atoms with Gasteiger partial charge in [-0.05, 0) is 91.7 Å². The Hall–Kier alpha value is -4.07. The summed E-state index contributed by atoms with van der Waals surface area (Å²) < 4.78 is 24.0. The van der Waals surface area contributed by atoms with Crippen molar-refractivity contribution in [1.29, 1.82) is 0 Å². The molecule has 1 N–H and O–H groups in total. The minimum Gasteiger partial charge on any atom is -0.356 e. The summed E-state index contributed by atoms with van der Waals surface area (Å²) in [6, 6.07) is 22.0. The first-order valence-corrected chi connectivity index (χ1v) is 16.0. The molecule has 7 rings (SSSR count). The lowest BCUT2D eigenvalue weighted by atomic mass is 9.92. The number of ether oxygens (including phenoxy) is 1. The van der Waals surface area contributed by atoms with Crippen LogP contribution in [-0.4, -0.2) is 46.8 Å². The average molecular weight is 591 g/mol. The molecule has 1 amide bonds. The topological polar surface area (TPSA) is 59.4 Å². The molecule has 6 nitrogen and oxygen atoms in total. The number of nitrogens with zero attached hydrogens (tertiary/aromatic N) is 3. The van der Waals surface area contributed by atoms with E-state index in [9.17, 15) is 4.79 Å². The average Bonchev–Trinajstić information content (AvgIpc) is 3.62. The van der Waals surface area contributed by atoms with Crippen molar-refractivity contribution in [3.05, 3.63) is 106 Å². The monoisotopic (exact) mass is 590 g/mol. The summed E-state index contributed by atoms with van der Waals surface area (Å²) in [6.45, 7) is 4.52. The van der Waals surface area contributed by atoms with E-state index >= 15 is 4.39 Å². The number of halogens is 1. The van der Waals surface area contributed by atoms with Gasteiger partial charge >= 0.3 is 0 Å². The zero-order chi connectivity index (χ0) is 29.9. The maximum absolute atomic E-state index is 16.0. The Morgan fingerprint density at radius 1 is 0.932 bits per heavy atom. The van der Waals surface area contributed by atoms with Crippen LogP contribution in [0.25, 0.3) is 29.1 Å². The van der Waals surface area contributed by atoms with E-state index in [4.69, 9.17) is 9.84 Å². The molecule has 2 unspecified atom stereocenters. The van der Waals surface area contributed by atoms with Crippen LogP contribution in [0, 0.1) is 5.82 Å². The van der Waals surface area contributed by atoms with E-state index in [-0.39, 0.29) is 23.9 Å². The fraction of sp³-hybridized carbons (Fsp3) is 0.351. The predicted molar refractivity (Wildman–Crippen MR) is 173 cm³/mol. The molecule has 0 bridgehead atoms. The third-order valence-corrected chi connectivity index (χ3v) is 9.14. The first kappa shape index (κ1) is 28.7. The lowest BCUT2D eigenvalue weighted by Gasteiger charge is -2.26. The van der Waals surface area contributed by atoms with Crippen molar-refractivity contribution in [2.24, 2.45) is 0 Å². The van der Waals surface area contributed by atoms with Gasteiger partial charge in [0.25, 0.3) is 0 Å². The van der Waals surface area contributed by atoms with Crippen LogP contribution in [0.4, 0.5) is 4.39 Å². The number of fused-ring (bicyclic) bond motifs is 1. The number of amides is 1. The van der Waals surface area contributed by atoms with E-state index < -0.39 is 0 Å². The molecule has 3 saturated heterocycles. The molecular weight excluding hydrogens is 551 g/mol. The number of aromatic nitrogens is 2. The molecule has 0 aliphatic carbocycles. The van der Waals surface area contributed by atoms with Crippen molar-refractivity contribution in [3.63, 3.8) is 0 Å². The number of carbonyl (C=O) groups excluding carboxylic acids is 1. The molecule has 3 aliphatic rings. The number of hydrogen-bond donors (Lipinski definition) is 1. The highest BCUT2D eigenvalue weighted by molar-refractivity contribution is 6.02. The molecule has 1 aromatic heterocycles. The molecule has 0 radical (unpaired) electrons. The van der Waals surface area contributed by atoms with Crippen LogP contribution < -0.4 is 5.32 Å². The van der Waals surface area contributed by atoms with Gasteiger partial charge in [0.2, 0.25) is 5.91 Å².